The summed E-state index contributed by atoms with van der Waals surface area (Å²) in [5.41, 5.74) is 2.67. The summed E-state index contributed by atoms with van der Waals surface area (Å²) in [6, 6.07) is 19.8. The van der Waals surface area contributed by atoms with Gasteiger partial charge in [0.15, 0.2) is 0 Å². The van der Waals surface area contributed by atoms with Crippen LogP contribution in [0.15, 0.2) is 80.4 Å². The quantitative estimate of drug-likeness (QED) is 0.492. The largest absolute Gasteiger partial charge is 0.363 e. The van der Waals surface area contributed by atoms with E-state index in [1.807, 2.05) is 47.0 Å². The standard InChI is InChI=1S/C20H17NS4/c1-19(22-14-7-3-4-8-15(14)23-19)13-11-18(21-12-13)20(2)24-16-9-5-6-10-17(16)25-20/h3-12,21H,1-2H3. The zero-order valence-electron chi connectivity index (χ0n) is 13.9. The van der Waals surface area contributed by atoms with Crippen molar-refractivity contribution in [2.75, 3.05) is 0 Å². The average Bonchev–Trinajstić information content (AvgIpc) is 3.29. The first-order valence-electron chi connectivity index (χ1n) is 8.19. The summed E-state index contributed by atoms with van der Waals surface area (Å²) in [7, 11) is 0. The molecule has 2 aromatic carbocycles. The van der Waals surface area contributed by atoms with Gasteiger partial charge in [-0.25, -0.2) is 0 Å². The molecule has 3 aromatic rings. The monoisotopic (exact) mass is 399 g/mol. The van der Waals surface area contributed by atoms with Crippen LogP contribution < -0.4 is 0 Å². The van der Waals surface area contributed by atoms with Crippen LogP contribution in [0.4, 0.5) is 0 Å². The molecule has 0 radical (unpaired) electrons. The second-order valence-electron chi connectivity index (χ2n) is 6.50. The predicted octanol–water partition coefficient (Wildman–Crippen LogP) is 7.16. The molecule has 0 fully saturated rings. The third kappa shape index (κ3) is 2.67. The Morgan fingerprint density at radius 1 is 0.680 bits per heavy atom. The van der Waals surface area contributed by atoms with Crippen molar-refractivity contribution in [1.82, 2.24) is 4.98 Å². The minimum absolute atomic E-state index is 0.0130. The first kappa shape index (κ1) is 16.3. The second kappa shape index (κ2) is 5.81. The Balaban J connectivity index is 1.46. The van der Waals surface area contributed by atoms with Gasteiger partial charge in [0.25, 0.3) is 0 Å². The van der Waals surface area contributed by atoms with Crippen LogP contribution in [0.25, 0.3) is 0 Å². The minimum Gasteiger partial charge on any atom is -0.363 e. The molecule has 0 bridgehead atoms. The Morgan fingerprint density at radius 2 is 1.12 bits per heavy atom. The van der Waals surface area contributed by atoms with Crippen LogP contribution in [0, 0.1) is 0 Å². The highest BCUT2D eigenvalue weighted by Crippen LogP contribution is 2.63. The normalized spacial score (nSPS) is 19.6. The maximum Gasteiger partial charge on any atom is 0.107 e. The lowest BCUT2D eigenvalue weighted by molar-refractivity contribution is 0.965. The van der Waals surface area contributed by atoms with Crippen LogP contribution in [-0.2, 0) is 8.16 Å². The molecule has 3 heterocycles. The lowest BCUT2D eigenvalue weighted by atomic mass is 10.2. The van der Waals surface area contributed by atoms with Gasteiger partial charge in [-0.05, 0) is 49.7 Å². The number of hydrogen-bond donors (Lipinski definition) is 1. The van der Waals surface area contributed by atoms with Gasteiger partial charge in [0.05, 0.1) is 4.08 Å². The molecule has 0 atom stereocenters. The van der Waals surface area contributed by atoms with Crippen molar-refractivity contribution in [1.29, 1.82) is 0 Å². The first-order chi connectivity index (χ1) is 12.1. The van der Waals surface area contributed by atoms with Crippen molar-refractivity contribution in [3.63, 3.8) is 0 Å². The van der Waals surface area contributed by atoms with Gasteiger partial charge >= 0.3 is 0 Å². The van der Waals surface area contributed by atoms with Gasteiger partial charge in [-0.3, -0.25) is 0 Å². The van der Waals surface area contributed by atoms with Gasteiger partial charge in [-0.1, -0.05) is 24.3 Å². The van der Waals surface area contributed by atoms with Gasteiger partial charge in [-0.15, -0.1) is 47.0 Å². The molecular formula is C20H17NS4. The van der Waals surface area contributed by atoms with Crippen LogP contribution in [0.3, 0.4) is 0 Å². The van der Waals surface area contributed by atoms with E-state index in [0.717, 1.165) is 0 Å². The number of fused-ring (bicyclic) bond motifs is 2. The van der Waals surface area contributed by atoms with E-state index < -0.39 is 0 Å². The topological polar surface area (TPSA) is 15.8 Å². The Bertz CT molecular complexity index is 836. The van der Waals surface area contributed by atoms with E-state index in [1.54, 1.807) is 0 Å². The molecule has 5 rings (SSSR count). The van der Waals surface area contributed by atoms with Gasteiger partial charge in [0.2, 0.25) is 0 Å². The molecule has 0 aliphatic carbocycles. The Hall–Kier alpha value is -0.880. The van der Waals surface area contributed by atoms with Crippen LogP contribution in [0.1, 0.15) is 25.1 Å². The molecule has 1 N–H and O–H groups in total. The number of rotatable bonds is 2. The number of aromatic amines is 1. The van der Waals surface area contributed by atoms with E-state index in [4.69, 9.17) is 0 Å². The Kier molecular flexibility index (Phi) is 3.79. The first-order valence-corrected chi connectivity index (χ1v) is 11.5. The van der Waals surface area contributed by atoms with Crippen LogP contribution >= 0.6 is 47.0 Å². The Morgan fingerprint density at radius 3 is 1.60 bits per heavy atom. The number of aromatic nitrogens is 1. The van der Waals surface area contributed by atoms with Gasteiger partial charge in [0.1, 0.15) is 4.08 Å². The molecule has 25 heavy (non-hydrogen) atoms. The zero-order valence-corrected chi connectivity index (χ0v) is 17.2. The lowest BCUT2D eigenvalue weighted by Gasteiger charge is -2.22. The van der Waals surface area contributed by atoms with Crippen molar-refractivity contribution in [2.45, 2.75) is 41.6 Å². The smallest absolute Gasteiger partial charge is 0.107 e. The molecule has 2 aliphatic heterocycles. The summed E-state index contributed by atoms with van der Waals surface area (Å²) in [5, 5.41) is 0. The van der Waals surface area contributed by atoms with Crippen molar-refractivity contribution in [3.05, 3.63) is 72.1 Å². The van der Waals surface area contributed by atoms with E-state index in [-0.39, 0.29) is 8.16 Å². The number of benzene rings is 2. The summed E-state index contributed by atoms with van der Waals surface area (Å²) < 4.78 is 0.0503. The molecule has 5 heteroatoms. The Labute approximate surface area is 165 Å². The second-order valence-corrected chi connectivity index (χ2v) is 12.9. The summed E-state index contributed by atoms with van der Waals surface area (Å²) in [5.74, 6) is 0. The van der Waals surface area contributed by atoms with Gasteiger partial charge in [-0.2, -0.15) is 0 Å². The van der Waals surface area contributed by atoms with E-state index >= 15 is 0 Å². The molecule has 0 saturated heterocycles. The van der Waals surface area contributed by atoms with E-state index in [1.165, 1.54) is 30.8 Å². The highest BCUT2D eigenvalue weighted by atomic mass is 32.2. The maximum absolute atomic E-state index is 3.58. The van der Waals surface area contributed by atoms with Crippen molar-refractivity contribution in [3.8, 4) is 0 Å². The zero-order chi connectivity index (χ0) is 17.1. The number of thioether (sulfide) groups is 4. The summed E-state index contributed by atoms with van der Waals surface area (Å²) in [4.78, 5) is 9.13. The fraction of sp³-hybridized carbons (Fsp3) is 0.200. The fourth-order valence-electron chi connectivity index (χ4n) is 3.27. The molecule has 1 nitrogen and oxygen atoms in total. The van der Waals surface area contributed by atoms with Crippen LogP contribution in [0.5, 0.6) is 0 Å². The maximum atomic E-state index is 3.58. The number of nitrogens with one attached hydrogen (secondary N) is 1. The van der Waals surface area contributed by atoms with Crippen LogP contribution in [-0.4, -0.2) is 4.98 Å². The average molecular weight is 400 g/mol. The molecule has 2 aliphatic rings. The highest BCUT2D eigenvalue weighted by Gasteiger charge is 2.41. The molecule has 1 aromatic heterocycles. The van der Waals surface area contributed by atoms with Gasteiger partial charge in [0, 0.05) is 31.5 Å². The van der Waals surface area contributed by atoms with Crippen molar-refractivity contribution >= 4 is 47.0 Å². The summed E-state index contributed by atoms with van der Waals surface area (Å²) in [6.45, 7) is 4.66. The van der Waals surface area contributed by atoms with Crippen molar-refractivity contribution in [2.24, 2.45) is 0 Å². The molecular weight excluding hydrogens is 382 g/mol. The third-order valence-electron chi connectivity index (χ3n) is 4.61. The molecule has 0 unspecified atom stereocenters. The van der Waals surface area contributed by atoms with E-state index in [9.17, 15) is 0 Å². The predicted molar refractivity (Wildman–Crippen MR) is 112 cm³/mol. The number of hydrogen-bond acceptors (Lipinski definition) is 4. The summed E-state index contributed by atoms with van der Waals surface area (Å²) in [6.07, 6.45) is 2.20. The molecule has 0 saturated carbocycles. The van der Waals surface area contributed by atoms with E-state index in [0.29, 0.717) is 0 Å². The SMILES string of the molecule is CC1(c2c[nH]c(C3(C)Sc4ccccc4S3)c2)Sc2ccccc2S1. The molecule has 0 spiro atoms. The van der Waals surface area contributed by atoms with E-state index in [2.05, 4.69) is 79.6 Å². The minimum atomic E-state index is 0.0130. The highest BCUT2D eigenvalue weighted by molar-refractivity contribution is 8.20. The van der Waals surface area contributed by atoms with Gasteiger partial charge < -0.3 is 4.98 Å². The lowest BCUT2D eigenvalue weighted by Crippen LogP contribution is -2.10. The third-order valence-corrected chi connectivity index (χ3v) is 10.6. The van der Waals surface area contributed by atoms with Crippen LogP contribution in [0.2, 0.25) is 0 Å². The fourth-order valence-corrected chi connectivity index (χ4v) is 9.04. The summed E-state index contributed by atoms with van der Waals surface area (Å²) >= 11 is 7.83. The molecule has 0 amide bonds. The number of H-pyrrole nitrogens is 1. The van der Waals surface area contributed by atoms with Crippen molar-refractivity contribution < 1.29 is 0 Å². The molecule has 126 valence electrons.